The van der Waals surface area contributed by atoms with E-state index in [4.69, 9.17) is 0 Å². The van der Waals surface area contributed by atoms with Crippen molar-refractivity contribution < 1.29 is 4.79 Å². The summed E-state index contributed by atoms with van der Waals surface area (Å²) in [5.41, 5.74) is 4.34. The zero-order chi connectivity index (χ0) is 22.5. The number of anilines is 2. The lowest BCUT2D eigenvalue weighted by Crippen LogP contribution is -2.56. The van der Waals surface area contributed by atoms with Gasteiger partial charge in [0.2, 0.25) is 0 Å². The first-order valence-electron chi connectivity index (χ1n) is 12.0. The molecule has 0 aliphatic carbocycles. The fraction of sp³-hybridized carbons (Fsp3) is 0.321. The van der Waals surface area contributed by atoms with Crippen LogP contribution in [-0.2, 0) is 0 Å². The van der Waals surface area contributed by atoms with Gasteiger partial charge in [-0.2, -0.15) is 0 Å². The second-order valence-corrected chi connectivity index (χ2v) is 8.94. The molecule has 3 aromatic carbocycles. The van der Waals surface area contributed by atoms with Gasteiger partial charge in [0, 0.05) is 56.6 Å². The van der Waals surface area contributed by atoms with Crippen LogP contribution in [0.1, 0.15) is 12.8 Å². The molecule has 1 atom stereocenters. The van der Waals surface area contributed by atoms with Gasteiger partial charge in [-0.05, 0) is 36.6 Å². The fourth-order valence-electron chi connectivity index (χ4n) is 5.08. The Morgan fingerprint density at radius 3 is 2.18 bits per heavy atom. The van der Waals surface area contributed by atoms with Crippen LogP contribution in [0.5, 0.6) is 0 Å². The Hall–Kier alpha value is -3.31. The highest BCUT2D eigenvalue weighted by atomic mass is 16.2. The number of rotatable bonds is 4. The minimum atomic E-state index is 0.00556. The molecular weight excluding hydrogens is 408 g/mol. The van der Waals surface area contributed by atoms with E-state index < -0.39 is 0 Å². The first kappa shape index (κ1) is 21.5. The van der Waals surface area contributed by atoms with Gasteiger partial charge < -0.3 is 15.1 Å². The molecule has 2 aliphatic rings. The van der Waals surface area contributed by atoms with Crippen LogP contribution in [0.15, 0.2) is 84.9 Å². The monoisotopic (exact) mass is 440 g/mol. The zero-order valence-electron chi connectivity index (χ0n) is 19.1. The summed E-state index contributed by atoms with van der Waals surface area (Å²) in [5, 5.41) is 3.19. The molecule has 2 saturated heterocycles. The third-order valence-electron chi connectivity index (χ3n) is 6.89. The molecule has 0 bridgehead atoms. The van der Waals surface area contributed by atoms with Gasteiger partial charge in [0.25, 0.3) is 0 Å². The van der Waals surface area contributed by atoms with Crippen LogP contribution in [0.4, 0.5) is 16.2 Å². The van der Waals surface area contributed by atoms with E-state index in [0.29, 0.717) is 6.04 Å². The lowest BCUT2D eigenvalue weighted by molar-refractivity contribution is 0.108. The van der Waals surface area contributed by atoms with Crippen LogP contribution in [0.2, 0.25) is 0 Å². The Morgan fingerprint density at radius 2 is 1.42 bits per heavy atom. The summed E-state index contributed by atoms with van der Waals surface area (Å²) in [6.45, 7) is 5.79. The van der Waals surface area contributed by atoms with E-state index in [9.17, 15) is 4.79 Å². The van der Waals surface area contributed by atoms with Crippen molar-refractivity contribution in [1.82, 2.24) is 9.80 Å². The summed E-state index contributed by atoms with van der Waals surface area (Å²) >= 11 is 0. The number of nitrogens with one attached hydrogen (secondary N) is 1. The number of carbonyl (C=O) groups excluding carboxylic acids is 1. The molecule has 0 saturated carbocycles. The maximum absolute atomic E-state index is 13.2. The second-order valence-electron chi connectivity index (χ2n) is 8.94. The molecule has 5 rings (SSSR count). The van der Waals surface area contributed by atoms with E-state index in [1.165, 1.54) is 5.69 Å². The molecule has 5 nitrogen and oxygen atoms in total. The molecule has 5 heteroatoms. The summed E-state index contributed by atoms with van der Waals surface area (Å²) < 4.78 is 0. The quantitative estimate of drug-likeness (QED) is 0.608. The number of benzene rings is 3. The Bertz CT molecular complexity index is 1050. The lowest BCUT2D eigenvalue weighted by Gasteiger charge is -2.43. The maximum Gasteiger partial charge on any atom is 0.321 e. The van der Waals surface area contributed by atoms with Crippen molar-refractivity contribution in [3.8, 4) is 11.1 Å². The van der Waals surface area contributed by atoms with Crippen LogP contribution in [-0.4, -0.2) is 61.1 Å². The summed E-state index contributed by atoms with van der Waals surface area (Å²) in [6, 6.07) is 29.4. The molecule has 0 radical (unpaired) electrons. The van der Waals surface area contributed by atoms with E-state index in [1.54, 1.807) is 0 Å². The molecule has 0 aromatic heterocycles. The van der Waals surface area contributed by atoms with Crippen LogP contribution in [0.3, 0.4) is 0 Å². The standard InChI is InChI=1S/C28H32N4O/c33-28(29-27-16-8-7-15-26(27)23-10-3-1-4-11-23)32-17-9-14-25(22-32)31-20-18-30(19-21-31)24-12-5-2-6-13-24/h1-8,10-13,15-16,25H,9,14,17-22H2,(H,29,33). The number of nitrogens with zero attached hydrogens (tertiary/aromatic N) is 3. The number of carbonyl (C=O) groups is 1. The van der Waals surface area contributed by atoms with E-state index in [0.717, 1.165) is 68.9 Å². The average molecular weight is 441 g/mol. The Labute approximate surface area is 196 Å². The van der Waals surface area contributed by atoms with Crippen molar-refractivity contribution in [3.63, 3.8) is 0 Å². The summed E-state index contributed by atoms with van der Waals surface area (Å²) in [5.74, 6) is 0. The van der Waals surface area contributed by atoms with Crippen LogP contribution in [0, 0.1) is 0 Å². The summed E-state index contributed by atoms with van der Waals surface area (Å²) in [4.78, 5) is 20.2. The molecule has 1 N–H and O–H groups in total. The number of hydrogen-bond donors (Lipinski definition) is 1. The predicted octanol–water partition coefficient (Wildman–Crippen LogP) is 5.17. The number of amides is 2. The third-order valence-corrected chi connectivity index (χ3v) is 6.89. The minimum Gasteiger partial charge on any atom is -0.369 e. The molecule has 1 unspecified atom stereocenters. The Kier molecular flexibility index (Phi) is 6.58. The van der Waals surface area contributed by atoms with Crippen molar-refractivity contribution in [2.45, 2.75) is 18.9 Å². The van der Waals surface area contributed by atoms with Gasteiger partial charge in [-0.3, -0.25) is 4.90 Å². The van der Waals surface area contributed by atoms with Crippen molar-refractivity contribution >= 4 is 17.4 Å². The fourth-order valence-corrected chi connectivity index (χ4v) is 5.08. The van der Waals surface area contributed by atoms with Gasteiger partial charge in [-0.25, -0.2) is 4.79 Å². The van der Waals surface area contributed by atoms with Crippen molar-refractivity contribution in [2.75, 3.05) is 49.5 Å². The van der Waals surface area contributed by atoms with Crippen LogP contribution < -0.4 is 10.2 Å². The third kappa shape index (κ3) is 5.04. The van der Waals surface area contributed by atoms with Gasteiger partial charge in [-0.15, -0.1) is 0 Å². The summed E-state index contributed by atoms with van der Waals surface area (Å²) in [6.07, 6.45) is 2.22. The molecular formula is C28H32N4O. The molecule has 170 valence electrons. The second kappa shape index (κ2) is 10.1. The van der Waals surface area contributed by atoms with E-state index in [-0.39, 0.29) is 6.03 Å². The van der Waals surface area contributed by atoms with Crippen LogP contribution >= 0.6 is 0 Å². The zero-order valence-corrected chi connectivity index (χ0v) is 19.1. The number of piperidine rings is 1. The van der Waals surface area contributed by atoms with Crippen molar-refractivity contribution in [2.24, 2.45) is 0 Å². The van der Waals surface area contributed by atoms with Gasteiger partial charge in [0.1, 0.15) is 0 Å². The highest BCUT2D eigenvalue weighted by Crippen LogP contribution is 2.28. The van der Waals surface area contributed by atoms with Crippen LogP contribution in [0.25, 0.3) is 11.1 Å². The number of likely N-dealkylation sites (tertiary alicyclic amines) is 1. The maximum atomic E-state index is 13.2. The van der Waals surface area contributed by atoms with E-state index in [1.807, 2.05) is 41.3 Å². The first-order valence-corrected chi connectivity index (χ1v) is 12.0. The van der Waals surface area contributed by atoms with Gasteiger partial charge in [-0.1, -0.05) is 66.7 Å². The summed E-state index contributed by atoms with van der Waals surface area (Å²) in [7, 11) is 0. The van der Waals surface area contributed by atoms with Crippen molar-refractivity contribution in [3.05, 3.63) is 84.9 Å². The van der Waals surface area contributed by atoms with Gasteiger partial charge in [0.15, 0.2) is 0 Å². The molecule has 2 amide bonds. The molecule has 0 spiro atoms. The molecule has 33 heavy (non-hydrogen) atoms. The average Bonchev–Trinajstić information content (AvgIpc) is 2.90. The first-order chi connectivity index (χ1) is 16.3. The predicted molar refractivity (Wildman–Crippen MR) is 136 cm³/mol. The van der Waals surface area contributed by atoms with Crippen molar-refractivity contribution in [1.29, 1.82) is 0 Å². The highest BCUT2D eigenvalue weighted by molar-refractivity contribution is 5.94. The molecule has 2 fully saturated rings. The number of urea groups is 1. The lowest BCUT2D eigenvalue weighted by atomic mass is 10.0. The SMILES string of the molecule is O=C(Nc1ccccc1-c1ccccc1)N1CCCC(N2CCN(c3ccccc3)CC2)C1. The van der Waals surface area contributed by atoms with E-state index in [2.05, 4.69) is 63.6 Å². The highest BCUT2D eigenvalue weighted by Gasteiger charge is 2.30. The Balaban J connectivity index is 1.20. The smallest absolute Gasteiger partial charge is 0.321 e. The van der Waals surface area contributed by atoms with E-state index >= 15 is 0 Å². The minimum absolute atomic E-state index is 0.00556. The van der Waals surface area contributed by atoms with Gasteiger partial charge in [0.05, 0.1) is 5.69 Å². The van der Waals surface area contributed by atoms with Gasteiger partial charge >= 0.3 is 6.03 Å². The largest absolute Gasteiger partial charge is 0.369 e. The topological polar surface area (TPSA) is 38.8 Å². The molecule has 3 aromatic rings. The Morgan fingerprint density at radius 1 is 0.758 bits per heavy atom. The number of hydrogen-bond acceptors (Lipinski definition) is 3. The number of para-hydroxylation sites is 2. The molecule has 2 heterocycles. The number of piperazine rings is 1. The normalized spacial score (nSPS) is 19.3. The molecule has 2 aliphatic heterocycles.